The number of esters is 1. The van der Waals surface area contributed by atoms with Gasteiger partial charge in [0.25, 0.3) is 5.91 Å². The molecule has 1 atom stereocenters. The minimum atomic E-state index is -0.534. The highest BCUT2D eigenvalue weighted by atomic mass is 32.1. The number of carbonyl (C=O) groups excluding carboxylic acids is 3. The normalized spacial score (nSPS) is 15.4. The molecule has 1 N–H and O–H groups in total. The van der Waals surface area contributed by atoms with E-state index in [0.29, 0.717) is 25.2 Å². The van der Waals surface area contributed by atoms with Crippen molar-refractivity contribution in [1.82, 2.24) is 10.3 Å². The highest BCUT2D eigenvalue weighted by Gasteiger charge is 2.29. The summed E-state index contributed by atoms with van der Waals surface area (Å²) in [6.45, 7) is 8.53. The zero-order valence-corrected chi connectivity index (χ0v) is 25.0. The summed E-state index contributed by atoms with van der Waals surface area (Å²) in [4.78, 5) is 42.7. The predicted octanol–water partition coefficient (Wildman–Crippen LogP) is 6.78. The Hall–Kier alpha value is -3.26. The zero-order chi connectivity index (χ0) is 28.9. The van der Waals surface area contributed by atoms with Crippen LogP contribution in [-0.2, 0) is 25.5 Å². The minimum absolute atomic E-state index is 0.194. The number of ketones is 1. The number of hydrogen-bond donors (Lipinski definition) is 1. The number of carbonyl (C=O) groups is 3. The van der Waals surface area contributed by atoms with Gasteiger partial charge in [0.1, 0.15) is 10.8 Å². The molecule has 1 aromatic heterocycles. The molecular formula is C32H42N2O5S. The Morgan fingerprint density at radius 3 is 2.50 bits per heavy atom. The summed E-state index contributed by atoms with van der Waals surface area (Å²) in [5.74, 6) is -0.583. The summed E-state index contributed by atoms with van der Waals surface area (Å²) < 4.78 is 10.8. The standard InChI is InChI=1S/C32H42N2O5S/c1-5-7-17-39-27-15-13-24(14-16-27)20-28(34-30(36)29(35)25-11-9-8-10-12-25)31-33-26(21-40-31)19-22(3)18-23(4)32(37)38-6-2/h13-16,18-19,21,25,28H,5-12,17,20H2,1-4H3,(H,34,36)/b22-19+,23-18-/t28-/m0/s1. The zero-order valence-electron chi connectivity index (χ0n) is 24.2. The van der Waals surface area contributed by atoms with Crippen molar-refractivity contribution >= 4 is 35.1 Å². The van der Waals surface area contributed by atoms with E-state index in [9.17, 15) is 14.4 Å². The molecule has 2 aromatic rings. The number of benzene rings is 1. The molecule has 1 fully saturated rings. The van der Waals surface area contributed by atoms with Gasteiger partial charge in [-0.2, -0.15) is 0 Å². The van der Waals surface area contributed by atoms with Crippen LogP contribution in [0.25, 0.3) is 6.08 Å². The van der Waals surface area contributed by atoms with Crippen molar-refractivity contribution in [2.75, 3.05) is 13.2 Å². The molecule has 3 rings (SSSR count). The molecule has 0 unspecified atom stereocenters. The average molecular weight is 567 g/mol. The Bertz CT molecular complexity index is 1190. The number of thiazole rings is 1. The molecule has 1 aliphatic rings. The van der Waals surface area contributed by atoms with Gasteiger partial charge in [-0.1, -0.05) is 44.7 Å². The molecule has 216 valence electrons. The lowest BCUT2D eigenvalue weighted by molar-refractivity contribution is -0.141. The summed E-state index contributed by atoms with van der Waals surface area (Å²) in [7, 11) is 0. The first-order valence-corrected chi connectivity index (χ1v) is 15.2. The largest absolute Gasteiger partial charge is 0.494 e. The van der Waals surface area contributed by atoms with E-state index >= 15 is 0 Å². The first-order chi connectivity index (χ1) is 19.3. The van der Waals surface area contributed by atoms with Gasteiger partial charge in [0.05, 0.1) is 24.9 Å². The van der Waals surface area contributed by atoms with Gasteiger partial charge in [-0.3, -0.25) is 9.59 Å². The Labute approximate surface area is 242 Å². The highest BCUT2D eigenvalue weighted by molar-refractivity contribution is 7.09. The van der Waals surface area contributed by atoms with Gasteiger partial charge in [-0.25, -0.2) is 9.78 Å². The second-order valence-corrected chi connectivity index (χ2v) is 11.2. The number of rotatable bonds is 14. The fourth-order valence-corrected chi connectivity index (χ4v) is 5.55. The van der Waals surface area contributed by atoms with Crippen LogP contribution in [0.4, 0.5) is 0 Å². The Morgan fingerprint density at radius 2 is 1.82 bits per heavy atom. The SMILES string of the molecule is CCCCOc1ccc(C[C@H](NC(=O)C(=O)C2CCCCC2)c2nc(/C=C(C)/C=C(/C)C(=O)OCC)cs2)cc1. The first kappa shape index (κ1) is 31.3. The van der Waals surface area contributed by atoms with E-state index in [0.717, 1.165) is 72.5 Å². The number of Topliss-reactive ketones (excluding diaryl/α,β-unsaturated/α-hetero) is 1. The van der Waals surface area contributed by atoms with Crippen LogP contribution in [-0.4, -0.2) is 35.9 Å². The van der Waals surface area contributed by atoms with Gasteiger partial charge in [0.15, 0.2) is 0 Å². The summed E-state index contributed by atoms with van der Waals surface area (Å²) >= 11 is 1.44. The number of ether oxygens (including phenoxy) is 2. The van der Waals surface area contributed by atoms with Crippen LogP contribution in [0.15, 0.2) is 46.9 Å². The third kappa shape index (κ3) is 9.73. The van der Waals surface area contributed by atoms with Gasteiger partial charge in [0, 0.05) is 16.9 Å². The van der Waals surface area contributed by atoms with Gasteiger partial charge in [0.2, 0.25) is 5.78 Å². The maximum Gasteiger partial charge on any atom is 0.333 e. The van der Waals surface area contributed by atoms with E-state index in [2.05, 4.69) is 12.2 Å². The summed E-state index contributed by atoms with van der Waals surface area (Å²) in [6.07, 6.45) is 10.9. The molecule has 8 heteroatoms. The maximum atomic E-state index is 13.1. The molecular weight excluding hydrogens is 524 g/mol. The van der Waals surface area contributed by atoms with E-state index in [-0.39, 0.29) is 17.7 Å². The number of aromatic nitrogens is 1. The van der Waals surface area contributed by atoms with E-state index in [4.69, 9.17) is 14.5 Å². The lowest BCUT2D eigenvalue weighted by Gasteiger charge is -2.22. The molecule has 7 nitrogen and oxygen atoms in total. The van der Waals surface area contributed by atoms with E-state index in [1.807, 2.05) is 42.6 Å². The number of nitrogens with one attached hydrogen (secondary N) is 1. The van der Waals surface area contributed by atoms with Crippen LogP contribution >= 0.6 is 11.3 Å². The maximum absolute atomic E-state index is 13.1. The smallest absolute Gasteiger partial charge is 0.333 e. The van der Waals surface area contributed by atoms with Crippen molar-refractivity contribution in [3.63, 3.8) is 0 Å². The van der Waals surface area contributed by atoms with Gasteiger partial charge in [-0.05, 0) is 81.9 Å². The van der Waals surface area contributed by atoms with Crippen LogP contribution in [0.2, 0.25) is 0 Å². The fraction of sp³-hybridized carbons (Fsp3) is 0.500. The molecule has 1 aliphatic carbocycles. The molecule has 0 bridgehead atoms. The fourth-order valence-electron chi connectivity index (χ4n) is 4.72. The van der Waals surface area contributed by atoms with Crippen LogP contribution in [0.5, 0.6) is 5.75 Å². The van der Waals surface area contributed by atoms with Crippen LogP contribution in [0.1, 0.15) is 94.9 Å². The van der Waals surface area contributed by atoms with Crippen LogP contribution in [0, 0.1) is 5.92 Å². The van der Waals surface area contributed by atoms with Gasteiger partial charge in [-0.15, -0.1) is 11.3 Å². The third-order valence-electron chi connectivity index (χ3n) is 6.89. The molecule has 1 amide bonds. The van der Waals surface area contributed by atoms with Crippen molar-refractivity contribution in [1.29, 1.82) is 0 Å². The minimum Gasteiger partial charge on any atom is -0.494 e. The number of allylic oxidation sites excluding steroid dienone is 2. The van der Waals surface area contributed by atoms with Crippen molar-refractivity contribution in [3.8, 4) is 5.75 Å². The third-order valence-corrected chi connectivity index (χ3v) is 7.87. The summed E-state index contributed by atoms with van der Waals surface area (Å²) in [6, 6.07) is 7.41. The second-order valence-electron chi connectivity index (χ2n) is 10.3. The lowest BCUT2D eigenvalue weighted by atomic mass is 9.86. The molecule has 40 heavy (non-hydrogen) atoms. The van der Waals surface area contributed by atoms with Crippen molar-refractivity contribution in [2.24, 2.45) is 5.92 Å². The number of hydrogen-bond acceptors (Lipinski definition) is 7. The van der Waals surface area contributed by atoms with E-state index in [1.54, 1.807) is 19.9 Å². The second kappa shape index (κ2) is 16.1. The van der Waals surface area contributed by atoms with Gasteiger partial charge >= 0.3 is 5.97 Å². The van der Waals surface area contributed by atoms with Crippen molar-refractivity contribution in [2.45, 2.75) is 85.1 Å². The quantitative estimate of drug-likeness (QED) is 0.0890. The topological polar surface area (TPSA) is 94.6 Å². The molecule has 0 saturated heterocycles. The molecule has 0 radical (unpaired) electrons. The monoisotopic (exact) mass is 566 g/mol. The summed E-state index contributed by atoms with van der Waals surface area (Å²) in [5, 5.41) is 5.63. The van der Waals surface area contributed by atoms with Crippen LogP contribution < -0.4 is 10.1 Å². The molecule has 1 heterocycles. The highest BCUT2D eigenvalue weighted by Crippen LogP contribution is 2.27. The Kier molecular flexibility index (Phi) is 12.6. The molecule has 0 spiro atoms. The van der Waals surface area contributed by atoms with Crippen molar-refractivity contribution in [3.05, 3.63) is 63.1 Å². The Balaban J connectivity index is 1.78. The number of unbranched alkanes of at least 4 members (excludes halogenated alkanes) is 1. The predicted molar refractivity (Wildman–Crippen MR) is 159 cm³/mol. The summed E-state index contributed by atoms with van der Waals surface area (Å²) in [5.41, 5.74) is 3.10. The Morgan fingerprint density at radius 1 is 1.10 bits per heavy atom. The number of nitrogens with zero attached hydrogens (tertiary/aromatic N) is 1. The molecule has 1 saturated carbocycles. The van der Waals surface area contributed by atoms with Crippen LogP contribution in [0.3, 0.4) is 0 Å². The van der Waals surface area contributed by atoms with E-state index < -0.39 is 11.9 Å². The molecule has 0 aliphatic heterocycles. The average Bonchev–Trinajstić information content (AvgIpc) is 3.42. The molecule has 1 aromatic carbocycles. The first-order valence-electron chi connectivity index (χ1n) is 14.4. The lowest BCUT2D eigenvalue weighted by Crippen LogP contribution is -2.39. The van der Waals surface area contributed by atoms with E-state index in [1.165, 1.54) is 11.3 Å². The van der Waals surface area contributed by atoms with Gasteiger partial charge < -0.3 is 14.8 Å². The van der Waals surface area contributed by atoms with Crippen molar-refractivity contribution < 1.29 is 23.9 Å². The number of amides is 1.